The molecule has 1 N–H and O–H groups in total. The monoisotopic (exact) mass is 299 g/mol. The van der Waals surface area contributed by atoms with Crippen molar-refractivity contribution in [2.24, 2.45) is 0 Å². The molecule has 0 amide bonds. The van der Waals surface area contributed by atoms with Gasteiger partial charge in [0, 0.05) is 18.0 Å². The molecule has 1 atom stereocenters. The number of hydrogen-bond donors (Lipinski definition) is 1. The molecule has 3 aliphatic rings. The Morgan fingerprint density at radius 1 is 1.23 bits per heavy atom. The molecule has 0 bridgehead atoms. The first-order valence-corrected chi connectivity index (χ1v) is 8.62. The molecule has 118 valence electrons. The van der Waals surface area contributed by atoms with Crippen molar-refractivity contribution in [3.8, 4) is 5.75 Å². The van der Waals surface area contributed by atoms with E-state index in [0.717, 1.165) is 44.8 Å². The maximum Gasteiger partial charge on any atom is 0.124 e. The van der Waals surface area contributed by atoms with Crippen molar-refractivity contribution in [1.82, 2.24) is 5.32 Å². The van der Waals surface area contributed by atoms with E-state index in [-0.39, 0.29) is 5.60 Å². The zero-order chi connectivity index (χ0) is 14.8. The molecule has 4 rings (SSSR count). The van der Waals surface area contributed by atoms with Crippen molar-refractivity contribution in [2.45, 2.75) is 50.2 Å². The van der Waals surface area contributed by atoms with Crippen LogP contribution in [0.4, 0.5) is 0 Å². The van der Waals surface area contributed by atoms with Gasteiger partial charge in [0.1, 0.15) is 11.4 Å². The van der Waals surface area contributed by atoms with E-state index < -0.39 is 0 Å². The van der Waals surface area contributed by atoms with Crippen molar-refractivity contribution >= 4 is 0 Å². The lowest BCUT2D eigenvalue weighted by Crippen LogP contribution is -2.49. The summed E-state index contributed by atoms with van der Waals surface area (Å²) in [5.41, 5.74) is 2.99. The molecule has 1 aromatic rings. The van der Waals surface area contributed by atoms with Crippen LogP contribution in [0.3, 0.4) is 0 Å². The maximum atomic E-state index is 6.31. The predicted octanol–water partition coefficient (Wildman–Crippen LogP) is 3.76. The van der Waals surface area contributed by atoms with Crippen LogP contribution in [0.15, 0.2) is 35.9 Å². The summed E-state index contributed by atoms with van der Waals surface area (Å²) in [6.45, 7) is 2.72. The zero-order valence-electron chi connectivity index (χ0n) is 13.1. The quantitative estimate of drug-likeness (QED) is 0.859. The van der Waals surface area contributed by atoms with Gasteiger partial charge in [-0.3, -0.25) is 0 Å². The van der Waals surface area contributed by atoms with Gasteiger partial charge in [-0.25, -0.2) is 0 Å². The van der Waals surface area contributed by atoms with Crippen LogP contribution < -0.4 is 10.1 Å². The average molecular weight is 299 g/mol. The Hall–Kier alpha value is -1.32. The van der Waals surface area contributed by atoms with Gasteiger partial charge in [0.25, 0.3) is 0 Å². The molecule has 2 heterocycles. The highest BCUT2D eigenvalue weighted by Crippen LogP contribution is 2.48. The highest BCUT2D eigenvalue weighted by molar-refractivity contribution is 5.39. The Morgan fingerprint density at radius 3 is 2.91 bits per heavy atom. The maximum absolute atomic E-state index is 6.31. The molecule has 3 nitrogen and oxygen atoms in total. The lowest BCUT2D eigenvalue weighted by Gasteiger charge is -2.48. The molecule has 0 unspecified atom stereocenters. The standard InChI is InChI=1S/C19H25NO2/c1-2-5-18-16(4-1)17(14-19(22-18)9-3-10-19)20-11-6-15-7-12-21-13-8-15/h1-2,4-5,7,17,20H,3,6,8-14H2/t17-/m0/s1. The molecule has 22 heavy (non-hydrogen) atoms. The molecule has 1 spiro atoms. The Balaban J connectivity index is 1.42. The molecule has 3 heteroatoms. The van der Waals surface area contributed by atoms with E-state index in [9.17, 15) is 0 Å². The van der Waals surface area contributed by atoms with Gasteiger partial charge < -0.3 is 14.8 Å². The van der Waals surface area contributed by atoms with E-state index in [4.69, 9.17) is 9.47 Å². The molecular weight excluding hydrogens is 274 g/mol. The lowest BCUT2D eigenvalue weighted by molar-refractivity contribution is -0.0368. The molecule has 0 saturated heterocycles. The number of ether oxygens (including phenoxy) is 2. The van der Waals surface area contributed by atoms with E-state index in [2.05, 4.69) is 35.7 Å². The summed E-state index contributed by atoms with van der Waals surface area (Å²) in [5, 5.41) is 3.79. The van der Waals surface area contributed by atoms with Gasteiger partial charge in [0.15, 0.2) is 0 Å². The van der Waals surface area contributed by atoms with Crippen molar-refractivity contribution in [3.05, 3.63) is 41.5 Å². The van der Waals surface area contributed by atoms with Crippen molar-refractivity contribution in [1.29, 1.82) is 0 Å². The fourth-order valence-corrected chi connectivity index (χ4v) is 3.88. The Bertz CT molecular complexity index is 562. The van der Waals surface area contributed by atoms with Gasteiger partial charge in [0.2, 0.25) is 0 Å². The van der Waals surface area contributed by atoms with E-state index in [1.807, 2.05) is 0 Å². The van der Waals surface area contributed by atoms with E-state index >= 15 is 0 Å². The molecule has 1 aliphatic carbocycles. The van der Waals surface area contributed by atoms with Crippen LogP contribution in [0.5, 0.6) is 5.75 Å². The summed E-state index contributed by atoms with van der Waals surface area (Å²) in [6.07, 6.45) is 9.32. The molecule has 0 aromatic heterocycles. The topological polar surface area (TPSA) is 30.5 Å². The summed E-state index contributed by atoms with van der Waals surface area (Å²) >= 11 is 0. The summed E-state index contributed by atoms with van der Waals surface area (Å²) in [4.78, 5) is 0. The van der Waals surface area contributed by atoms with Gasteiger partial charge >= 0.3 is 0 Å². The molecule has 2 aliphatic heterocycles. The Kier molecular flexibility index (Phi) is 3.93. The minimum atomic E-state index is 0.115. The number of hydrogen-bond acceptors (Lipinski definition) is 3. The molecule has 1 aromatic carbocycles. The average Bonchev–Trinajstić information content (AvgIpc) is 2.54. The summed E-state index contributed by atoms with van der Waals surface area (Å²) < 4.78 is 11.7. The van der Waals surface area contributed by atoms with Crippen molar-refractivity contribution in [2.75, 3.05) is 19.8 Å². The molecule has 1 fully saturated rings. The minimum absolute atomic E-state index is 0.115. The number of fused-ring (bicyclic) bond motifs is 1. The second-order valence-corrected chi connectivity index (χ2v) is 6.82. The molecule has 1 saturated carbocycles. The normalized spacial score (nSPS) is 25.8. The van der Waals surface area contributed by atoms with Gasteiger partial charge in [-0.1, -0.05) is 29.8 Å². The minimum Gasteiger partial charge on any atom is -0.487 e. The van der Waals surface area contributed by atoms with Crippen LogP contribution in [0.2, 0.25) is 0 Å². The summed E-state index contributed by atoms with van der Waals surface area (Å²) in [6, 6.07) is 8.98. The number of nitrogens with one attached hydrogen (secondary N) is 1. The SMILES string of the molecule is C1=C(CCN[C@H]2CC3(CCC3)Oc3ccccc32)CCOC1. The Morgan fingerprint density at radius 2 is 2.14 bits per heavy atom. The number of rotatable bonds is 4. The second-order valence-electron chi connectivity index (χ2n) is 6.82. The highest BCUT2D eigenvalue weighted by Gasteiger charge is 2.45. The summed E-state index contributed by atoms with van der Waals surface area (Å²) in [5.74, 6) is 1.09. The zero-order valence-corrected chi connectivity index (χ0v) is 13.1. The lowest BCUT2D eigenvalue weighted by atomic mass is 9.73. The van der Waals surface area contributed by atoms with Gasteiger partial charge in [-0.05, 0) is 44.7 Å². The van der Waals surface area contributed by atoms with E-state index in [0.29, 0.717) is 6.04 Å². The van der Waals surface area contributed by atoms with Crippen LogP contribution in [-0.2, 0) is 4.74 Å². The van der Waals surface area contributed by atoms with Crippen molar-refractivity contribution < 1.29 is 9.47 Å². The van der Waals surface area contributed by atoms with Crippen LogP contribution >= 0.6 is 0 Å². The van der Waals surface area contributed by atoms with E-state index in [1.54, 1.807) is 0 Å². The van der Waals surface area contributed by atoms with Crippen molar-refractivity contribution in [3.63, 3.8) is 0 Å². The smallest absolute Gasteiger partial charge is 0.124 e. The molecular formula is C19H25NO2. The first-order chi connectivity index (χ1) is 10.8. The van der Waals surface area contributed by atoms with Gasteiger partial charge in [0.05, 0.1) is 13.2 Å². The number of benzene rings is 1. The Labute approximate surface area is 132 Å². The van der Waals surface area contributed by atoms with Crippen LogP contribution in [0.1, 0.15) is 50.1 Å². The highest BCUT2D eigenvalue weighted by atomic mass is 16.5. The molecule has 0 radical (unpaired) electrons. The largest absolute Gasteiger partial charge is 0.487 e. The van der Waals surface area contributed by atoms with E-state index in [1.165, 1.54) is 30.4 Å². The fraction of sp³-hybridized carbons (Fsp3) is 0.579. The third-order valence-electron chi connectivity index (χ3n) is 5.36. The van der Waals surface area contributed by atoms with Gasteiger partial charge in [-0.2, -0.15) is 0 Å². The first kappa shape index (κ1) is 14.3. The van der Waals surface area contributed by atoms with Crippen LogP contribution in [-0.4, -0.2) is 25.4 Å². The third-order valence-corrected chi connectivity index (χ3v) is 5.36. The van der Waals surface area contributed by atoms with Crippen LogP contribution in [0, 0.1) is 0 Å². The number of para-hydroxylation sites is 1. The van der Waals surface area contributed by atoms with Gasteiger partial charge in [-0.15, -0.1) is 0 Å². The second kappa shape index (κ2) is 6.05. The third kappa shape index (κ3) is 2.80. The first-order valence-electron chi connectivity index (χ1n) is 8.62. The predicted molar refractivity (Wildman–Crippen MR) is 87.1 cm³/mol. The fourth-order valence-electron chi connectivity index (χ4n) is 3.88. The summed E-state index contributed by atoms with van der Waals surface area (Å²) in [7, 11) is 0. The van der Waals surface area contributed by atoms with Crippen LogP contribution in [0.25, 0.3) is 0 Å².